The van der Waals surface area contributed by atoms with E-state index in [4.69, 9.17) is 11.6 Å². The van der Waals surface area contributed by atoms with Crippen molar-refractivity contribution in [1.29, 1.82) is 0 Å². The molecule has 0 aliphatic heterocycles. The predicted octanol–water partition coefficient (Wildman–Crippen LogP) is 6.43. The molecule has 0 bridgehead atoms. The minimum atomic E-state index is -1.24. The molecule has 0 saturated carbocycles. The Balaban J connectivity index is 1.84. The van der Waals surface area contributed by atoms with E-state index in [0.29, 0.717) is 22.6 Å². The Morgan fingerprint density at radius 3 is 2.32 bits per heavy atom. The summed E-state index contributed by atoms with van der Waals surface area (Å²) in [6.45, 7) is 3.99. The molecule has 3 atom stereocenters. The van der Waals surface area contributed by atoms with Crippen LogP contribution < -0.4 is 0 Å². The first kappa shape index (κ1) is 22.1. The highest BCUT2D eigenvalue weighted by atomic mass is 35.5. The number of fused-ring (bicyclic) bond motifs is 1. The molecular weight excluding hydrogens is 444 g/mol. The van der Waals surface area contributed by atoms with Gasteiger partial charge in [0.15, 0.2) is 11.6 Å². The molecule has 0 radical (unpaired) electrons. The van der Waals surface area contributed by atoms with Gasteiger partial charge in [0.05, 0.1) is 5.41 Å². The highest BCUT2D eigenvalue weighted by Gasteiger charge is 2.59. The van der Waals surface area contributed by atoms with E-state index < -0.39 is 17.3 Å². The number of carbonyl (C=O) groups excluding carboxylic acids is 2. The smallest absolute Gasteiger partial charge is 0.168 e. The summed E-state index contributed by atoms with van der Waals surface area (Å²) >= 11 is 6.34. The van der Waals surface area contributed by atoms with E-state index in [0.717, 1.165) is 16.7 Å². The summed E-state index contributed by atoms with van der Waals surface area (Å²) in [5.74, 6) is -1.50. The second kappa shape index (κ2) is 8.58. The first-order chi connectivity index (χ1) is 16.5. The van der Waals surface area contributed by atoms with Crippen molar-refractivity contribution in [2.75, 3.05) is 0 Å². The molecule has 5 rings (SSSR count). The number of phenols is 1. The molecule has 0 fully saturated rings. The van der Waals surface area contributed by atoms with Crippen LogP contribution in [0.4, 0.5) is 0 Å². The normalized spacial score (nSPS) is 24.1. The molecule has 3 aromatic carbocycles. The zero-order valence-corrected chi connectivity index (χ0v) is 19.2. The Hall–Kier alpha value is -3.69. The van der Waals surface area contributed by atoms with Gasteiger partial charge in [-0.15, -0.1) is 0 Å². The number of allylic oxidation sites excluding steroid dienone is 5. The zero-order valence-electron chi connectivity index (χ0n) is 18.4. The predicted molar refractivity (Wildman–Crippen MR) is 135 cm³/mol. The van der Waals surface area contributed by atoms with E-state index in [1.807, 2.05) is 66.7 Å². The van der Waals surface area contributed by atoms with Crippen molar-refractivity contribution in [1.82, 2.24) is 0 Å². The highest BCUT2D eigenvalue weighted by Crippen LogP contribution is 2.58. The van der Waals surface area contributed by atoms with Crippen molar-refractivity contribution in [3.63, 3.8) is 0 Å². The molecule has 3 nitrogen and oxygen atoms in total. The third-order valence-corrected chi connectivity index (χ3v) is 7.30. The van der Waals surface area contributed by atoms with Crippen LogP contribution in [0.2, 0.25) is 5.02 Å². The lowest BCUT2D eigenvalue weighted by atomic mass is 9.50. The van der Waals surface area contributed by atoms with Crippen LogP contribution in [0.25, 0.3) is 5.57 Å². The number of phenolic OH excluding ortho intramolecular Hbond substituents is 1. The number of carbonyl (C=O) groups is 2. The van der Waals surface area contributed by atoms with Gasteiger partial charge in [-0.25, -0.2) is 0 Å². The molecule has 2 aliphatic carbocycles. The topological polar surface area (TPSA) is 54.4 Å². The van der Waals surface area contributed by atoms with Crippen molar-refractivity contribution < 1.29 is 14.7 Å². The van der Waals surface area contributed by atoms with Gasteiger partial charge in [0, 0.05) is 28.0 Å². The Morgan fingerprint density at radius 1 is 0.971 bits per heavy atom. The number of benzene rings is 3. The average molecular weight is 467 g/mol. The van der Waals surface area contributed by atoms with Crippen molar-refractivity contribution in [3.8, 4) is 5.75 Å². The van der Waals surface area contributed by atoms with Gasteiger partial charge < -0.3 is 5.11 Å². The molecule has 0 spiro atoms. The van der Waals surface area contributed by atoms with Crippen LogP contribution in [0.3, 0.4) is 0 Å². The molecule has 3 aromatic rings. The first-order valence-electron chi connectivity index (χ1n) is 11.2. The van der Waals surface area contributed by atoms with Crippen LogP contribution in [0.5, 0.6) is 5.75 Å². The maximum Gasteiger partial charge on any atom is 0.168 e. The van der Waals surface area contributed by atoms with Gasteiger partial charge in [-0.1, -0.05) is 91.0 Å². The standard InChI is InChI=1S/C30H23ClO3/c1-2-19-13-15-25-29(34)23(20-9-5-3-6-10-20)18-27(33)30(25,21-11-7-4-8-12-21)28(19)24-17-22(31)14-16-26(24)32/h2-14,16-18,25,28,32H,1,15H2. The van der Waals surface area contributed by atoms with Gasteiger partial charge in [-0.2, -0.15) is 0 Å². The van der Waals surface area contributed by atoms with Crippen LogP contribution in [0.1, 0.15) is 29.0 Å². The lowest BCUT2D eigenvalue weighted by molar-refractivity contribution is -0.131. The zero-order chi connectivity index (χ0) is 23.9. The maximum absolute atomic E-state index is 14.3. The minimum Gasteiger partial charge on any atom is -0.508 e. The monoisotopic (exact) mass is 466 g/mol. The van der Waals surface area contributed by atoms with Crippen molar-refractivity contribution in [2.45, 2.75) is 17.8 Å². The fourth-order valence-corrected chi connectivity index (χ4v) is 5.79. The third kappa shape index (κ3) is 3.27. The van der Waals surface area contributed by atoms with Crippen LogP contribution in [0, 0.1) is 5.92 Å². The third-order valence-electron chi connectivity index (χ3n) is 7.07. The van der Waals surface area contributed by atoms with Gasteiger partial charge in [-0.3, -0.25) is 9.59 Å². The summed E-state index contributed by atoms with van der Waals surface area (Å²) in [6, 6.07) is 23.5. The highest BCUT2D eigenvalue weighted by molar-refractivity contribution is 6.32. The average Bonchev–Trinajstić information content (AvgIpc) is 2.87. The van der Waals surface area contributed by atoms with E-state index in [1.165, 1.54) is 12.1 Å². The fraction of sp³-hybridized carbons (Fsp3) is 0.133. The number of aromatic hydroxyl groups is 1. The Morgan fingerprint density at radius 2 is 1.65 bits per heavy atom. The molecule has 34 heavy (non-hydrogen) atoms. The molecule has 0 amide bonds. The van der Waals surface area contributed by atoms with Crippen molar-refractivity contribution >= 4 is 28.7 Å². The fourth-order valence-electron chi connectivity index (χ4n) is 5.61. The summed E-state index contributed by atoms with van der Waals surface area (Å²) in [5, 5.41) is 11.3. The Kier molecular flexibility index (Phi) is 5.59. The molecule has 1 N–H and O–H groups in total. The Bertz CT molecular complexity index is 1350. The largest absolute Gasteiger partial charge is 0.508 e. The molecule has 2 aliphatic rings. The summed E-state index contributed by atoms with van der Waals surface area (Å²) in [5.41, 5.74) is 1.94. The lowest BCUT2D eigenvalue weighted by Crippen LogP contribution is -2.54. The number of halogens is 1. The van der Waals surface area contributed by atoms with Gasteiger partial charge in [-0.05, 0) is 47.4 Å². The maximum atomic E-state index is 14.3. The van der Waals surface area contributed by atoms with Crippen LogP contribution in [-0.2, 0) is 15.0 Å². The summed E-state index contributed by atoms with van der Waals surface area (Å²) in [6.07, 6.45) is 5.55. The van der Waals surface area contributed by atoms with Gasteiger partial charge in [0.2, 0.25) is 0 Å². The van der Waals surface area contributed by atoms with Gasteiger partial charge >= 0.3 is 0 Å². The van der Waals surface area contributed by atoms with E-state index >= 15 is 0 Å². The minimum absolute atomic E-state index is 0.0243. The van der Waals surface area contributed by atoms with Crippen LogP contribution in [-0.4, -0.2) is 16.7 Å². The lowest BCUT2D eigenvalue weighted by Gasteiger charge is -2.49. The number of hydrogen-bond donors (Lipinski definition) is 1. The molecular formula is C30H23ClO3. The van der Waals surface area contributed by atoms with E-state index in [1.54, 1.807) is 18.2 Å². The SMILES string of the molecule is C=CC1=CCC2C(=O)C(c3ccccc3)=CC(=O)C2(c2ccccc2)C1c1cc(Cl)ccc1O. The first-order valence-corrected chi connectivity index (χ1v) is 11.6. The molecule has 3 unspecified atom stereocenters. The summed E-state index contributed by atoms with van der Waals surface area (Å²) < 4.78 is 0. The molecule has 0 saturated heterocycles. The van der Waals surface area contributed by atoms with Gasteiger partial charge in [0.25, 0.3) is 0 Å². The van der Waals surface area contributed by atoms with E-state index in [-0.39, 0.29) is 17.3 Å². The molecule has 0 aromatic heterocycles. The van der Waals surface area contributed by atoms with Crippen molar-refractivity contribution in [3.05, 3.63) is 131 Å². The van der Waals surface area contributed by atoms with E-state index in [9.17, 15) is 14.7 Å². The van der Waals surface area contributed by atoms with Crippen LogP contribution in [0.15, 0.2) is 109 Å². The summed E-state index contributed by atoms with van der Waals surface area (Å²) in [4.78, 5) is 28.4. The van der Waals surface area contributed by atoms with Crippen molar-refractivity contribution in [2.24, 2.45) is 5.92 Å². The number of Topliss-reactive ketones (excluding diaryl/α,β-unsaturated/α-hetero) is 1. The van der Waals surface area contributed by atoms with E-state index in [2.05, 4.69) is 6.58 Å². The second-order valence-corrected chi connectivity index (χ2v) is 9.16. The molecule has 0 heterocycles. The molecule has 4 heteroatoms. The quantitative estimate of drug-likeness (QED) is 0.481. The van der Waals surface area contributed by atoms with Crippen LogP contribution >= 0.6 is 11.6 Å². The second-order valence-electron chi connectivity index (χ2n) is 8.72. The number of hydrogen-bond acceptors (Lipinski definition) is 3. The number of rotatable bonds is 4. The number of ketones is 2. The van der Waals surface area contributed by atoms with Gasteiger partial charge in [0.1, 0.15) is 5.75 Å². The Labute approximate surface area is 203 Å². The summed E-state index contributed by atoms with van der Waals surface area (Å²) in [7, 11) is 0. The molecule has 168 valence electrons.